The topological polar surface area (TPSA) is 142 Å². The number of carbonyl (C=O) groups is 1. The maximum absolute atomic E-state index is 12.5. The minimum absolute atomic E-state index is 0.0570. The maximum atomic E-state index is 12.5. The molecule has 9 heteroatoms. The quantitative estimate of drug-likeness (QED) is 0.337. The standard InChI is InChI=1S/C20H20N6O2S/c1-2-28-18(27)16-15(12-7-4-3-5-8-12)25-17(29-16)13-9-6-10-14(11-13)24-20(23)26-19(21)22/h3-11H,2H2,1H3,(H6,21,22,23,24,26). The number of hydrogen-bond acceptors (Lipinski definition) is 5. The number of aliphatic imine (C=N–C) groups is 2. The van der Waals surface area contributed by atoms with Gasteiger partial charge in [-0.05, 0) is 19.1 Å². The van der Waals surface area contributed by atoms with Gasteiger partial charge in [-0.15, -0.1) is 11.3 Å². The highest BCUT2D eigenvalue weighted by molar-refractivity contribution is 7.17. The van der Waals surface area contributed by atoms with Gasteiger partial charge in [0.1, 0.15) is 9.88 Å². The van der Waals surface area contributed by atoms with Gasteiger partial charge in [0.2, 0.25) is 5.96 Å². The lowest BCUT2D eigenvalue weighted by atomic mass is 10.1. The fourth-order valence-corrected chi connectivity index (χ4v) is 3.55. The Bertz CT molecular complexity index is 1070. The van der Waals surface area contributed by atoms with Crippen molar-refractivity contribution in [3.05, 3.63) is 59.5 Å². The molecule has 1 aromatic heterocycles. The summed E-state index contributed by atoms with van der Waals surface area (Å²) in [5.41, 5.74) is 19.1. The number of nitrogens with two attached hydrogens (primary N) is 3. The Morgan fingerprint density at radius 2 is 1.79 bits per heavy atom. The van der Waals surface area contributed by atoms with Gasteiger partial charge in [0.25, 0.3) is 0 Å². The van der Waals surface area contributed by atoms with Gasteiger partial charge >= 0.3 is 5.97 Å². The minimum Gasteiger partial charge on any atom is -0.462 e. The number of hydrogen-bond donors (Lipinski definition) is 3. The number of ether oxygens (including phenoxy) is 1. The molecular weight excluding hydrogens is 388 g/mol. The molecule has 0 aliphatic carbocycles. The van der Waals surface area contributed by atoms with Crippen LogP contribution in [-0.4, -0.2) is 29.5 Å². The molecule has 0 saturated carbocycles. The molecule has 0 aliphatic rings. The molecule has 29 heavy (non-hydrogen) atoms. The number of aromatic nitrogens is 1. The summed E-state index contributed by atoms with van der Waals surface area (Å²) < 4.78 is 5.21. The Morgan fingerprint density at radius 3 is 2.48 bits per heavy atom. The maximum Gasteiger partial charge on any atom is 0.350 e. The monoisotopic (exact) mass is 408 g/mol. The second-order valence-electron chi connectivity index (χ2n) is 5.84. The van der Waals surface area contributed by atoms with Crippen molar-refractivity contribution in [1.29, 1.82) is 0 Å². The van der Waals surface area contributed by atoms with Crippen molar-refractivity contribution in [2.75, 3.05) is 6.61 Å². The first-order valence-corrected chi connectivity index (χ1v) is 9.57. The van der Waals surface area contributed by atoms with Crippen molar-refractivity contribution in [3.8, 4) is 21.8 Å². The highest BCUT2D eigenvalue weighted by atomic mass is 32.1. The molecule has 0 atom stereocenters. The second kappa shape index (κ2) is 8.98. The Morgan fingerprint density at radius 1 is 1.07 bits per heavy atom. The number of guanidine groups is 2. The molecule has 1 heterocycles. The van der Waals surface area contributed by atoms with E-state index < -0.39 is 5.97 Å². The van der Waals surface area contributed by atoms with Crippen LogP contribution in [0.4, 0.5) is 5.69 Å². The zero-order valence-electron chi connectivity index (χ0n) is 15.7. The molecule has 0 unspecified atom stereocenters. The molecule has 3 rings (SSSR count). The van der Waals surface area contributed by atoms with E-state index in [0.29, 0.717) is 21.3 Å². The third-order valence-electron chi connectivity index (χ3n) is 3.72. The Hall–Kier alpha value is -3.72. The zero-order valence-corrected chi connectivity index (χ0v) is 16.5. The van der Waals surface area contributed by atoms with Crippen LogP contribution >= 0.6 is 11.3 Å². The molecule has 0 saturated heterocycles. The van der Waals surface area contributed by atoms with Crippen molar-refractivity contribution >= 4 is 34.9 Å². The van der Waals surface area contributed by atoms with Crippen molar-refractivity contribution in [3.63, 3.8) is 0 Å². The summed E-state index contributed by atoms with van der Waals surface area (Å²) in [4.78, 5) is 25.5. The average Bonchev–Trinajstić information content (AvgIpc) is 3.14. The van der Waals surface area contributed by atoms with Crippen LogP contribution in [-0.2, 0) is 4.74 Å². The van der Waals surface area contributed by atoms with E-state index in [0.717, 1.165) is 11.1 Å². The van der Waals surface area contributed by atoms with Crippen LogP contribution in [0.5, 0.6) is 0 Å². The van der Waals surface area contributed by atoms with Crippen molar-refractivity contribution in [1.82, 2.24) is 4.98 Å². The van der Waals surface area contributed by atoms with Crippen LogP contribution in [0.3, 0.4) is 0 Å². The molecule has 0 radical (unpaired) electrons. The van der Waals surface area contributed by atoms with Gasteiger partial charge in [-0.3, -0.25) is 0 Å². The molecule has 0 bridgehead atoms. The van der Waals surface area contributed by atoms with Crippen molar-refractivity contribution in [2.45, 2.75) is 6.92 Å². The Kier molecular flexibility index (Phi) is 6.20. The molecule has 0 spiro atoms. The minimum atomic E-state index is -0.402. The molecule has 0 amide bonds. The molecule has 6 N–H and O–H groups in total. The Labute approximate surface area is 171 Å². The van der Waals surface area contributed by atoms with E-state index >= 15 is 0 Å². The molecular formula is C20H20N6O2S. The fraction of sp³-hybridized carbons (Fsp3) is 0.100. The van der Waals surface area contributed by atoms with Crippen LogP contribution in [0, 0.1) is 0 Å². The summed E-state index contributed by atoms with van der Waals surface area (Å²) in [7, 11) is 0. The van der Waals surface area contributed by atoms with E-state index in [4.69, 9.17) is 26.9 Å². The van der Waals surface area contributed by atoms with Gasteiger partial charge in [-0.2, -0.15) is 4.99 Å². The van der Waals surface area contributed by atoms with Crippen molar-refractivity contribution in [2.24, 2.45) is 27.2 Å². The molecule has 0 fully saturated rings. The predicted molar refractivity (Wildman–Crippen MR) is 116 cm³/mol. The van der Waals surface area contributed by atoms with Crippen LogP contribution in [0.1, 0.15) is 16.6 Å². The van der Waals surface area contributed by atoms with Gasteiger partial charge in [0.15, 0.2) is 5.96 Å². The molecule has 2 aromatic carbocycles. The fourth-order valence-electron chi connectivity index (χ4n) is 2.57. The van der Waals surface area contributed by atoms with E-state index in [1.807, 2.05) is 42.5 Å². The van der Waals surface area contributed by atoms with Crippen LogP contribution in [0.15, 0.2) is 64.6 Å². The van der Waals surface area contributed by atoms with E-state index in [1.165, 1.54) is 11.3 Å². The summed E-state index contributed by atoms with van der Waals surface area (Å²) in [6, 6.07) is 16.7. The van der Waals surface area contributed by atoms with Crippen LogP contribution in [0.2, 0.25) is 0 Å². The smallest absolute Gasteiger partial charge is 0.350 e. The third kappa shape index (κ3) is 4.96. The first-order chi connectivity index (χ1) is 14.0. The number of benzene rings is 2. The second-order valence-corrected chi connectivity index (χ2v) is 6.84. The van der Waals surface area contributed by atoms with E-state index in [9.17, 15) is 4.79 Å². The molecule has 8 nitrogen and oxygen atoms in total. The number of rotatable bonds is 5. The Balaban J connectivity index is 2.05. The lowest BCUT2D eigenvalue weighted by Crippen LogP contribution is -2.26. The molecule has 3 aromatic rings. The first-order valence-electron chi connectivity index (χ1n) is 8.75. The molecule has 148 valence electrons. The summed E-state index contributed by atoms with van der Waals surface area (Å²) >= 11 is 1.26. The van der Waals surface area contributed by atoms with Crippen molar-refractivity contribution < 1.29 is 9.53 Å². The van der Waals surface area contributed by atoms with E-state index in [2.05, 4.69) is 9.98 Å². The van der Waals surface area contributed by atoms with E-state index in [-0.39, 0.29) is 18.5 Å². The first kappa shape index (κ1) is 20.0. The summed E-state index contributed by atoms with van der Waals surface area (Å²) in [5, 5.41) is 0.657. The summed E-state index contributed by atoms with van der Waals surface area (Å²) in [6.07, 6.45) is 0. The third-order valence-corrected chi connectivity index (χ3v) is 4.80. The summed E-state index contributed by atoms with van der Waals surface area (Å²) in [6.45, 7) is 2.05. The van der Waals surface area contributed by atoms with Gasteiger partial charge < -0.3 is 21.9 Å². The predicted octanol–water partition coefficient (Wildman–Crippen LogP) is 2.87. The number of esters is 1. The highest BCUT2D eigenvalue weighted by Gasteiger charge is 2.21. The van der Waals surface area contributed by atoms with Gasteiger partial charge in [0.05, 0.1) is 18.0 Å². The lowest BCUT2D eigenvalue weighted by Gasteiger charge is -2.01. The van der Waals surface area contributed by atoms with E-state index in [1.54, 1.807) is 19.1 Å². The average molecular weight is 408 g/mol. The number of carbonyl (C=O) groups excluding carboxylic acids is 1. The molecule has 0 aliphatic heterocycles. The van der Waals surface area contributed by atoms with Gasteiger partial charge in [0, 0.05) is 11.1 Å². The SMILES string of the molecule is CCOC(=O)c1sc(-c2cccc(N=C(N)N=C(N)N)c2)nc1-c1ccccc1. The van der Waals surface area contributed by atoms with Crippen LogP contribution < -0.4 is 17.2 Å². The normalized spacial score (nSPS) is 11.1. The van der Waals surface area contributed by atoms with Gasteiger partial charge in [-0.25, -0.2) is 14.8 Å². The number of thiazole rings is 1. The highest BCUT2D eigenvalue weighted by Crippen LogP contribution is 2.35. The van der Waals surface area contributed by atoms with Gasteiger partial charge in [-0.1, -0.05) is 42.5 Å². The lowest BCUT2D eigenvalue weighted by molar-refractivity contribution is 0.0532. The number of nitrogens with zero attached hydrogens (tertiary/aromatic N) is 3. The van der Waals surface area contributed by atoms with Crippen LogP contribution in [0.25, 0.3) is 21.8 Å². The largest absolute Gasteiger partial charge is 0.462 e. The zero-order chi connectivity index (χ0) is 20.8. The summed E-state index contributed by atoms with van der Waals surface area (Å²) in [5.74, 6) is -0.631.